The molecular weight excluding hydrogens is 336 g/mol. The predicted octanol–water partition coefficient (Wildman–Crippen LogP) is 0.820. The number of nitrogens with zero attached hydrogens (tertiary/aromatic N) is 1. The zero-order valence-corrected chi connectivity index (χ0v) is 16.3. The zero-order chi connectivity index (χ0) is 19.2. The highest BCUT2D eigenvalue weighted by Gasteiger charge is 2.70. The standard InChI is InChI=1S/C19H30N2O5/c1-10(2)14(20-16(22)11-6-7-26-9-11)17(23)21-8-12-13(19(12,3)4)15(21)18(24)25-5/h10-15H,6-9H2,1-5H3,(H,20,22)/t11-,12+,13+,14+,15+/m1/s1. The number of amides is 2. The van der Waals surface area contributed by atoms with Gasteiger partial charge in [0.15, 0.2) is 0 Å². The monoisotopic (exact) mass is 366 g/mol. The van der Waals surface area contributed by atoms with Gasteiger partial charge in [0.05, 0.1) is 19.6 Å². The summed E-state index contributed by atoms with van der Waals surface area (Å²) in [6, 6.07) is -1.20. The number of likely N-dealkylation sites (tertiary alicyclic amines) is 1. The minimum Gasteiger partial charge on any atom is -0.467 e. The zero-order valence-electron chi connectivity index (χ0n) is 16.3. The Hall–Kier alpha value is -1.63. The van der Waals surface area contributed by atoms with Gasteiger partial charge in [0.1, 0.15) is 12.1 Å². The van der Waals surface area contributed by atoms with E-state index in [1.165, 1.54) is 7.11 Å². The van der Waals surface area contributed by atoms with E-state index >= 15 is 0 Å². The molecular formula is C19H30N2O5. The van der Waals surface area contributed by atoms with Crippen LogP contribution in [-0.4, -0.2) is 61.6 Å². The van der Waals surface area contributed by atoms with Crippen LogP contribution in [0.4, 0.5) is 0 Å². The number of methoxy groups -OCH3 is 1. The molecule has 0 unspecified atom stereocenters. The number of hydrogen-bond acceptors (Lipinski definition) is 5. The lowest BCUT2D eigenvalue weighted by Gasteiger charge is -2.33. The van der Waals surface area contributed by atoms with E-state index in [9.17, 15) is 14.4 Å². The van der Waals surface area contributed by atoms with Crippen molar-refractivity contribution < 1.29 is 23.9 Å². The number of carbonyl (C=O) groups excluding carboxylic acids is 3. The fourth-order valence-corrected chi connectivity index (χ4v) is 4.61. The Morgan fingerprint density at radius 2 is 1.96 bits per heavy atom. The van der Waals surface area contributed by atoms with E-state index in [-0.39, 0.29) is 41.0 Å². The van der Waals surface area contributed by atoms with E-state index in [2.05, 4.69) is 19.2 Å². The van der Waals surface area contributed by atoms with Crippen LogP contribution < -0.4 is 5.32 Å². The lowest BCUT2D eigenvalue weighted by molar-refractivity contribution is -0.154. The maximum absolute atomic E-state index is 13.2. The Kier molecular flexibility index (Phi) is 5.03. The summed E-state index contributed by atoms with van der Waals surface area (Å²) in [5.74, 6) is -0.537. The van der Waals surface area contributed by atoms with Crippen LogP contribution in [0.2, 0.25) is 0 Å². The summed E-state index contributed by atoms with van der Waals surface area (Å²) < 4.78 is 10.2. The molecule has 5 atom stereocenters. The second-order valence-corrected chi connectivity index (χ2v) is 8.70. The highest BCUT2D eigenvalue weighted by molar-refractivity contribution is 5.92. The molecule has 146 valence electrons. The smallest absolute Gasteiger partial charge is 0.328 e. The van der Waals surface area contributed by atoms with E-state index < -0.39 is 12.1 Å². The molecule has 2 heterocycles. The summed E-state index contributed by atoms with van der Waals surface area (Å²) in [5, 5.41) is 2.90. The molecule has 2 saturated heterocycles. The first-order valence-electron chi connectivity index (χ1n) is 9.46. The van der Waals surface area contributed by atoms with Crippen molar-refractivity contribution in [2.45, 2.75) is 46.2 Å². The number of nitrogens with one attached hydrogen (secondary N) is 1. The molecule has 0 bridgehead atoms. The van der Waals surface area contributed by atoms with Gasteiger partial charge in [0.2, 0.25) is 11.8 Å². The maximum Gasteiger partial charge on any atom is 0.328 e. The van der Waals surface area contributed by atoms with Gasteiger partial charge >= 0.3 is 5.97 Å². The van der Waals surface area contributed by atoms with Crippen molar-refractivity contribution in [3.05, 3.63) is 0 Å². The molecule has 0 spiro atoms. The van der Waals surface area contributed by atoms with Crippen LogP contribution in [0.1, 0.15) is 34.1 Å². The van der Waals surface area contributed by atoms with E-state index in [1.807, 2.05) is 13.8 Å². The Morgan fingerprint density at radius 1 is 1.27 bits per heavy atom. The Bertz CT molecular complexity index is 597. The minimum absolute atomic E-state index is 0.0490. The van der Waals surface area contributed by atoms with Crippen molar-refractivity contribution in [2.24, 2.45) is 29.1 Å². The van der Waals surface area contributed by atoms with Gasteiger partial charge in [-0.25, -0.2) is 4.79 Å². The van der Waals surface area contributed by atoms with Crippen molar-refractivity contribution in [1.82, 2.24) is 10.2 Å². The lowest BCUT2D eigenvalue weighted by atomic mass is 9.97. The number of rotatable bonds is 5. The van der Waals surface area contributed by atoms with Crippen LogP contribution in [0.3, 0.4) is 0 Å². The Morgan fingerprint density at radius 3 is 2.50 bits per heavy atom. The molecule has 0 radical (unpaired) electrons. The van der Waals surface area contributed by atoms with E-state index in [1.54, 1.807) is 4.90 Å². The normalized spacial score (nSPS) is 32.9. The topological polar surface area (TPSA) is 84.9 Å². The van der Waals surface area contributed by atoms with Crippen LogP contribution >= 0.6 is 0 Å². The molecule has 3 aliphatic rings. The molecule has 7 nitrogen and oxygen atoms in total. The van der Waals surface area contributed by atoms with Crippen LogP contribution in [0.5, 0.6) is 0 Å². The summed E-state index contributed by atoms with van der Waals surface area (Å²) >= 11 is 0. The molecule has 0 aromatic heterocycles. The largest absolute Gasteiger partial charge is 0.467 e. The fourth-order valence-electron chi connectivity index (χ4n) is 4.61. The third-order valence-electron chi connectivity index (χ3n) is 6.47. The Balaban J connectivity index is 1.74. The molecule has 1 N–H and O–H groups in total. The summed E-state index contributed by atoms with van der Waals surface area (Å²) in [6.07, 6.45) is 0.678. The molecule has 1 saturated carbocycles. The van der Waals surface area contributed by atoms with Gasteiger partial charge in [-0.2, -0.15) is 0 Å². The Labute approximate surface area is 154 Å². The van der Waals surface area contributed by atoms with E-state index in [0.29, 0.717) is 32.1 Å². The maximum atomic E-state index is 13.2. The molecule has 1 aliphatic carbocycles. The number of fused-ring (bicyclic) bond motifs is 1. The summed E-state index contributed by atoms with van der Waals surface area (Å²) in [6.45, 7) is 9.58. The van der Waals surface area contributed by atoms with Gasteiger partial charge in [0.25, 0.3) is 0 Å². The van der Waals surface area contributed by atoms with Gasteiger partial charge in [-0.15, -0.1) is 0 Å². The first-order chi connectivity index (χ1) is 12.2. The molecule has 0 aromatic carbocycles. The number of esters is 1. The first kappa shape index (κ1) is 19.1. The van der Waals surface area contributed by atoms with Crippen molar-refractivity contribution in [1.29, 1.82) is 0 Å². The molecule has 3 fully saturated rings. The lowest BCUT2D eigenvalue weighted by Crippen LogP contribution is -2.56. The molecule has 7 heteroatoms. The summed E-state index contributed by atoms with van der Waals surface area (Å²) in [4.78, 5) is 39.7. The third-order valence-corrected chi connectivity index (χ3v) is 6.47. The SMILES string of the molecule is COC(=O)[C@@H]1[C@@H]2[C@H](CN1C(=O)[C@@H](NC(=O)[C@@H]1CCOC1)C(C)C)C2(C)C. The number of ether oxygens (including phenoxy) is 2. The number of hydrogen-bond donors (Lipinski definition) is 1. The fraction of sp³-hybridized carbons (Fsp3) is 0.842. The van der Waals surface area contributed by atoms with Crippen molar-refractivity contribution >= 4 is 17.8 Å². The minimum atomic E-state index is -0.643. The van der Waals surface area contributed by atoms with Crippen LogP contribution in [0.15, 0.2) is 0 Å². The van der Waals surface area contributed by atoms with Gasteiger partial charge in [0, 0.05) is 19.1 Å². The quantitative estimate of drug-likeness (QED) is 0.728. The third kappa shape index (κ3) is 3.10. The molecule has 2 aliphatic heterocycles. The number of piperidine rings is 1. The second-order valence-electron chi connectivity index (χ2n) is 8.70. The molecule has 2 amide bonds. The summed E-state index contributed by atoms with van der Waals surface area (Å²) in [7, 11) is 1.36. The van der Waals surface area contributed by atoms with Gasteiger partial charge in [-0.3, -0.25) is 9.59 Å². The van der Waals surface area contributed by atoms with Crippen molar-refractivity contribution in [3.63, 3.8) is 0 Å². The van der Waals surface area contributed by atoms with Crippen molar-refractivity contribution in [3.8, 4) is 0 Å². The predicted molar refractivity (Wildman–Crippen MR) is 94.0 cm³/mol. The number of carbonyl (C=O) groups is 3. The average molecular weight is 366 g/mol. The summed E-state index contributed by atoms with van der Waals surface area (Å²) in [5.41, 5.74) is 0.0490. The van der Waals surface area contributed by atoms with Crippen LogP contribution in [0.25, 0.3) is 0 Å². The van der Waals surface area contributed by atoms with Gasteiger partial charge < -0.3 is 19.7 Å². The van der Waals surface area contributed by atoms with Crippen molar-refractivity contribution in [2.75, 3.05) is 26.9 Å². The van der Waals surface area contributed by atoms with Gasteiger partial charge in [-0.05, 0) is 23.7 Å². The molecule has 0 aromatic rings. The highest BCUT2D eigenvalue weighted by atomic mass is 16.5. The first-order valence-corrected chi connectivity index (χ1v) is 9.46. The molecule has 3 rings (SSSR count). The van der Waals surface area contributed by atoms with E-state index in [4.69, 9.17) is 9.47 Å². The van der Waals surface area contributed by atoms with Crippen LogP contribution in [0, 0.1) is 29.1 Å². The van der Waals surface area contributed by atoms with Crippen LogP contribution in [-0.2, 0) is 23.9 Å². The average Bonchev–Trinajstić information content (AvgIpc) is 3.07. The second kappa shape index (κ2) is 6.83. The van der Waals surface area contributed by atoms with Gasteiger partial charge in [-0.1, -0.05) is 27.7 Å². The van der Waals surface area contributed by atoms with E-state index in [0.717, 1.165) is 0 Å². The molecule has 26 heavy (non-hydrogen) atoms. The highest BCUT2D eigenvalue weighted by Crippen LogP contribution is 2.65.